The van der Waals surface area contributed by atoms with Gasteiger partial charge >= 0.3 is 6.09 Å². The number of amides is 1. The number of rotatable bonds is 7. The highest BCUT2D eigenvalue weighted by Gasteiger charge is 2.75. The van der Waals surface area contributed by atoms with Crippen LogP contribution in [0.5, 0.6) is 0 Å². The summed E-state index contributed by atoms with van der Waals surface area (Å²) in [7, 11) is 3.51. The van der Waals surface area contributed by atoms with Crippen LogP contribution in [0.2, 0.25) is 0 Å². The van der Waals surface area contributed by atoms with Crippen molar-refractivity contribution in [3.05, 3.63) is 22.5 Å². The zero-order chi connectivity index (χ0) is 21.1. The molecule has 4 N–H and O–H groups in total. The number of aliphatic hydroxyl groups is 1. The summed E-state index contributed by atoms with van der Waals surface area (Å²) in [5, 5.41) is 12.0. The number of piperazine rings is 1. The highest BCUT2D eigenvalue weighted by molar-refractivity contribution is 6.25. The van der Waals surface area contributed by atoms with Gasteiger partial charge < -0.3 is 30.5 Å². The van der Waals surface area contributed by atoms with Gasteiger partial charge in [0.2, 0.25) is 11.6 Å². The van der Waals surface area contributed by atoms with Crippen LogP contribution in [0.15, 0.2) is 22.5 Å². The Morgan fingerprint density at radius 2 is 2.10 bits per heavy atom. The van der Waals surface area contributed by atoms with Crippen LogP contribution < -0.4 is 11.1 Å². The lowest BCUT2D eigenvalue weighted by Crippen LogP contribution is -2.55. The summed E-state index contributed by atoms with van der Waals surface area (Å²) in [6, 6.07) is 0.183. The zero-order valence-corrected chi connectivity index (χ0v) is 16.7. The third kappa shape index (κ3) is 2.55. The van der Waals surface area contributed by atoms with E-state index in [1.807, 2.05) is 11.9 Å². The molecule has 1 amide bonds. The van der Waals surface area contributed by atoms with E-state index in [2.05, 4.69) is 10.2 Å². The minimum atomic E-state index is -0.967. The van der Waals surface area contributed by atoms with Gasteiger partial charge in [-0.05, 0) is 20.4 Å². The molecule has 10 heteroatoms. The van der Waals surface area contributed by atoms with Crippen LogP contribution >= 0.6 is 0 Å². The quantitative estimate of drug-likeness (QED) is 0.268. The van der Waals surface area contributed by atoms with Crippen molar-refractivity contribution in [2.75, 3.05) is 40.5 Å². The first-order valence-corrected chi connectivity index (χ1v) is 9.67. The second kappa shape index (κ2) is 6.82. The number of hydrogen-bond donors (Lipinski definition) is 3. The third-order valence-corrected chi connectivity index (χ3v) is 6.58. The molecule has 0 bridgehead atoms. The second-order valence-corrected chi connectivity index (χ2v) is 7.85. The Bertz CT molecular complexity index is 852. The number of nitrogens with two attached hydrogens (primary N) is 1. The summed E-state index contributed by atoms with van der Waals surface area (Å²) in [5.41, 5.74) is 5.41. The maximum absolute atomic E-state index is 13.4. The summed E-state index contributed by atoms with van der Waals surface area (Å²) >= 11 is 0. The van der Waals surface area contributed by atoms with Gasteiger partial charge in [-0.1, -0.05) is 0 Å². The molecule has 3 heterocycles. The lowest BCUT2D eigenvalue weighted by Gasteiger charge is -2.40. The minimum absolute atomic E-state index is 0.0220. The van der Waals surface area contributed by atoms with Gasteiger partial charge in [0.25, 0.3) is 0 Å². The Morgan fingerprint density at radius 1 is 1.38 bits per heavy atom. The molecule has 29 heavy (non-hydrogen) atoms. The first-order valence-electron chi connectivity index (χ1n) is 9.67. The summed E-state index contributed by atoms with van der Waals surface area (Å²) in [5.74, 6) is -1.19. The average molecular weight is 406 g/mol. The minimum Gasteiger partial charge on any atom is -0.449 e. The smallest absolute Gasteiger partial charge is 0.404 e. The third-order valence-electron chi connectivity index (χ3n) is 6.58. The van der Waals surface area contributed by atoms with E-state index < -0.39 is 17.7 Å². The molecule has 1 aliphatic carbocycles. The van der Waals surface area contributed by atoms with Crippen LogP contribution in [-0.4, -0.2) is 90.8 Å². The Morgan fingerprint density at radius 3 is 2.72 bits per heavy atom. The maximum atomic E-state index is 13.4. The van der Waals surface area contributed by atoms with E-state index in [1.54, 1.807) is 14.0 Å². The fourth-order valence-corrected chi connectivity index (χ4v) is 5.22. The van der Waals surface area contributed by atoms with Gasteiger partial charge in [-0.2, -0.15) is 0 Å². The molecule has 0 aromatic rings. The van der Waals surface area contributed by atoms with Crippen LogP contribution in [0.4, 0.5) is 4.79 Å². The second-order valence-electron chi connectivity index (χ2n) is 7.85. The summed E-state index contributed by atoms with van der Waals surface area (Å²) in [6.07, 6.45) is -0.501. The van der Waals surface area contributed by atoms with Crippen LogP contribution in [0, 0.1) is 5.92 Å². The predicted molar refractivity (Wildman–Crippen MR) is 100 cm³/mol. The Hall–Kier alpha value is -2.43. The number of Topliss-reactive ketones (excluding diaryl/α,β-unsaturated/α-hetero) is 2. The van der Waals surface area contributed by atoms with Crippen LogP contribution in [-0.2, 0) is 19.1 Å². The Labute approximate surface area is 168 Å². The Kier molecular flexibility index (Phi) is 4.67. The SMILES string of the molecule is CO[C@]12[C@@H](COC(N)=O)C3=C(C(=O)C(C)=C(NCCCO)C3=O)N1C[C@@H]1[C@H]2N1C. The van der Waals surface area contributed by atoms with E-state index in [1.165, 1.54) is 0 Å². The molecule has 4 rings (SSSR count). The number of nitrogens with zero attached hydrogens (tertiary/aromatic N) is 2. The molecule has 5 atom stereocenters. The van der Waals surface area contributed by atoms with Crippen molar-refractivity contribution < 1.29 is 29.0 Å². The number of methoxy groups -OCH3 is 1. The highest BCUT2D eigenvalue weighted by Crippen LogP contribution is 2.59. The average Bonchev–Trinajstić information content (AvgIpc) is 3.07. The number of carbonyl (C=O) groups is 3. The maximum Gasteiger partial charge on any atom is 0.404 e. The molecular formula is C19H26N4O6. The summed E-state index contributed by atoms with van der Waals surface area (Å²) in [4.78, 5) is 42.0. The van der Waals surface area contributed by atoms with Crippen LogP contribution in [0.25, 0.3) is 0 Å². The molecule has 0 spiro atoms. The molecule has 1 unspecified atom stereocenters. The van der Waals surface area contributed by atoms with E-state index >= 15 is 0 Å². The van der Waals surface area contributed by atoms with Crippen molar-refractivity contribution in [3.8, 4) is 0 Å². The number of aliphatic hydroxyl groups excluding tert-OH is 1. The first kappa shape index (κ1) is 19.9. The van der Waals surface area contributed by atoms with Gasteiger partial charge in [-0.25, -0.2) is 4.79 Å². The van der Waals surface area contributed by atoms with Crippen molar-refractivity contribution in [3.63, 3.8) is 0 Å². The number of likely N-dealkylation sites (N-methyl/N-ethyl adjacent to an activating group) is 1. The molecule has 158 valence electrons. The number of fused-ring (bicyclic) bond motifs is 4. The van der Waals surface area contributed by atoms with Gasteiger partial charge in [0, 0.05) is 44.0 Å². The number of ketones is 2. The topological polar surface area (TPSA) is 134 Å². The van der Waals surface area contributed by atoms with E-state index in [-0.39, 0.29) is 42.6 Å². The summed E-state index contributed by atoms with van der Waals surface area (Å²) in [6.45, 7) is 2.36. The molecule has 2 saturated heterocycles. The van der Waals surface area contributed by atoms with Crippen molar-refractivity contribution in [2.24, 2.45) is 11.7 Å². The van der Waals surface area contributed by atoms with Gasteiger partial charge in [0.1, 0.15) is 6.61 Å². The molecule has 0 saturated carbocycles. The predicted octanol–water partition coefficient (Wildman–Crippen LogP) is -1.30. The lowest BCUT2D eigenvalue weighted by molar-refractivity contribution is -0.144. The highest BCUT2D eigenvalue weighted by atomic mass is 16.6. The van der Waals surface area contributed by atoms with Crippen molar-refractivity contribution in [2.45, 2.75) is 31.2 Å². The fraction of sp³-hybridized carbons (Fsp3) is 0.632. The molecule has 2 fully saturated rings. The lowest BCUT2D eigenvalue weighted by atomic mass is 9.82. The molecular weight excluding hydrogens is 380 g/mol. The number of ether oxygens (including phenoxy) is 2. The van der Waals surface area contributed by atoms with Crippen LogP contribution in [0.1, 0.15) is 13.3 Å². The number of hydrogen-bond acceptors (Lipinski definition) is 9. The van der Waals surface area contributed by atoms with Gasteiger partial charge in [0.15, 0.2) is 5.72 Å². The van der Waals surface area contributed by atoms with Gasteiger partial charge in [0.05, 0.1) is 23.4 Å². The number of nitrogens with one attached hydrogen (secondary N) is 1. The van der Waals surface area contributed by atoms with E-state index in [9.17, 15) is 14.4 Å². The number of allylic oxidation sites excluding steroid dienone is 2. The van der Waals surface area contributed by atoms with Crippen molar-refractivity contribution in [1.82, 2.24) is 15.1 Å². The standard InChI is InChI=1S/C19H26N4O6/c1-9-13(21-5-4-6-24)16(26)12-10(8-29-18(20)27)19(28-3)17-11(22(17)2)7-23(19)14(12)15(9)25/h10-11,17,21,24H,4-8H2,1-3H3,(H2,20,27)/t10-,11+,17+,19-,22?/m0/s1. The fourth-order valence-electron chi connectivity index (χ4n) is 5.22. The van der Waals surface area contributed by atoms with Gasteiger partial charge in [-0.3, -0.25) is 14.5 Å². The monoisotopic (exact) mass is 406 g/mol. The summed E-state index contributed by atoms with van der Waals surface area (Å²) < 4.78 is 11.1. The largest absolute Gasteiger partial charge is 0.449 e. The van der Waals surface area contributed by atoms with Crippen molar-refractivity contribution in [1.29, 1.82) is 0 Å². The molecule has 10 nitrogen and oxygen atoms in total. The van der Waals surface area contributed by atoms with E-state index in [4.69, 9.17) is 20.3 Å². The van der Waals surface area contributed by atoms with E-state index in [0.29, 0.717) is 36.4 Å². The Balaban J connectivity index is 1.76. The molecule has 0 aromatic heterocycles. The van der Waals surface area contributed by atoms with E-state index in [0.717, 1.165) is 0 Å². The number of primary amides is 1. The normalized spacial score (nSPS) is 35.0. The van der Waals surface area contributed by atoms with Crippen molar-refractivity contribution >= 4 is 17.7 Å². The van der Waals surface area contributed by atoms with Crippen LogP contribution in [0.3, 0.4) is 0 Å². The molecule has 4 aliphatic rings. The number of carbonyl (C=O) groups excluding carboxylic acids is 3. The zero-order valence-electron chi connectivity index (χ0n) is 16.7. The molecule has 0 aromatic carbocycles. The molecule has 0 radical (unpaired) electrons. The first-order chi connectivity index (χ1) is 13.8. The molecule has 3 aliphatic heterocycles. The van der Waals surface area contributed by atoms with Gasteiger partial charge in [-0.15, -0.1) is 0 Å².